The van der Waals surface area contributed by atoms with Gasteiger partial charge >= 0.3 is 0 Å². The molecule has 0 aromatic heterocycles. The van der Waals surface area contributed by atoms with Gasteiger partial charge in [0.1, 0.15) is 0 Å². The molecule has 1 heterocycles. The molecule has 0 spiro atoms. The van der Waals surface area contributed by atoms with Crippen molar-refractivity contribution in [3.05, 3.63) is 35.4 Å². The van der Waals surface area contributed by atoms with Crippen molar-refractivity contribution in [2.24, 2.45) is 16.9 Å². The average molecular weight is 228 g/mol. The van der Waals surface area contributed by atoms with Gasteiger partial charge in [-0.1, -0.05) is 37.6 Å². The molecule has 1 N–H and O–H groups in total. The normalized spacial score (nSPS) is 25.9. The molecule has 2 atom stereocenters. The summed E-state index contributed by atoms with van der Waals surface area (Å²) in [4.78, 5) is 11.3. The van der Waals surface area contributed by atoms with E-state index in [1.807, 2.05) is 0 Å². The SMILES string of the molecule is CCCc1ccc(C2=NNC(=O)C3CC23)cc1. The maximum absolute atomic E-state index is 11.3. The van der Waals surface area contributed by atoms with E-state index in [0.717, 1.165) is 24.1 Å². The van der Waals surface area contributed by atoms with Crippen molar-refractivity contribution in [3.63, 3.8) is 0 Å². The topological polar surface area (TPSA) is 41.5 Å². The van der Waals surface area contributed by atoms with Crippen LogP contribution in [0.1, 0.15) is 30.9 Å². The molecule has 3 heteroatoms. The Balaban J connectivity index is 1.83. The Morgan fingerprint density at radius 1 is 1.29 bits per heavy atom. The molecule has 88 valence electrons. The molecule has 0 radical (unpaired) electrons. The first-order valence-corrected chi connectivity index (χ1v) is 6.26. The zero-order chi connectivity index (χ0) is 11.8. The van der Waals surface area contributed by atoms with E-state index in [1.54, 1.807) is 0 Å². The summed E-state index contributed by atoms with van der Waals surface area (Å²) >= 11 is 0. The monoisotopic (exact) mass is 228 g/mol. The van der Waals surface area contributed by atoms with E-state index in [4.69, 9.17) is 0 Å². The average Bonchev–Trinajstić information content (AvgIpc) is 3.12. The smallest absolute Gasteiger partial charge is 0.243 e. The number of aryl methyl sites for hydroxylation is 1. The van der Waals surface area contributed by atoms with E-state index in [-0.39, 0.29) is 11.8 Å². The first kappa shape index (κ1) is 10.5. The summed E-state index contributed by atoms with van der Waals surface area (Å²) in [6, 6.07) is 8.57. The Bertz CT molecular complexity index is 476. The van der Waals surface area contributed by atoms with Crippen molar-refractivity contribution in [2.45, 2.75) is 26.2 Å². The van der Waals surface area contributed by atoms with Gasteiger partial charge in [0.15, 0.2) is 0 Å². The highest BCUT2D eigenvalue weighted by Crippen LogP contribution is 2.43. The van der Waals surface area contributed by atoms with E-state index in [0.29, 0.717) is 5.92 Å². The third-order valence-corrected chi connectivity index (χ3v) is 3.55. The standard InChI is InChI=1S/C14H16N2O/c1-2-3-9-4-6-10(7-5-9)13-11-8-12(11)14(17)16-15-13/h4-7,11-12H,2-3,8H2,1H3,(H,16,17). The van der Waals surface area contributed by atoms with Gasteiger partial charge < -0.3 is 0 Å². The number of hydrogen-bond acceptors (Lipinski definition) is 2. The Labute approximate surface area is 101 Å². The van der Waals surface area contributed by atoms with E-state index in [9.17, 15) is 4.79 Å². The quantitative estimate of drug-likeness (QED) is 0.845. The zero-order valence-electron chi connectivity index (χ0n) is 9.94. The van der Waals surface area contributed by atoms with Crippen LogP contribution in [0.5, 0.6) is 0 Å². The maximum Gasteiger partial charge on any atom is 0.243 e. The second-order valence-corrected chi connectivity index (χ2v) is 4.87. The maximum atomic E-state index is 11.3. The molecular formula is C14H16N2O. The fourth-order valence-corrected chi connectivity index (χ4v) is 2.48. The number of nitrogens with one attached hydrogen (secondary N) is 1. The van der Waals surface area contributed by atoms with Crippen LogP contribution in [0.2, 0.25) is 0 Å². The minimum atomic E-state index is 0.0846. The molecule has 2 unspecified atom stereocenters. The summed E-state index contributed by atoms with van der Waals surface area (Å²) in [7, 11) is 0. The van der Waals surface area contributed by atoms with Crippen LogP contribution in [0.25, 0.3) is 0 Å². The van der Waals surface area contributed by atoms with E-state index in [1.165, 1.54) is 12.0 Å². The number of carbonyl (C=O) groups excluding carboxylic acids is 1. The van der Waals surface area contributed by atoms with Crippen molar-refractivity contribution in [1.29, 1.82) is 0 Å². The fraction of sp³-hybridized carbons (Fsp3) is 0.429. The lowest BCUT2D eigenvalue weighted by Crippen LogP contribution is -2.28. The van der Waals surface area contributed by atoms with Crippen LogP contribution in [0, 0.1) is 11.8 Å². The lowest BCUT2D eigenvalue weighted by atomic mass is 10.0. The first-order valence-electron chi connectivity index (χ1n) is 6.26. The van der Waals surface area contributed by atoms with E-state index < -0.39 is 0 Å². The molecule has 3 rings (SSSR count). The van der Waals surface area contributed by atoms with Crippen LogP contribution in [0.15, 0.2) is 29.4 Å². The molecule has 17 heavy (non-hydrogen) atoms. The second kappa shape index (κ2) is 3.99. The van der Waals surface area contributed by atoms with Gasteiger partial charge in [0.05, 0.1) is 5.71 Å². The molecular weight excluding hydrogens is 212 g/mol. The van der Waals surface area contributed by atoms with Gasteiger partial charge in [0.2, 0.25) is 5.91 Å². The summed E-state index contributed by atoms with van der Waals surface area (Å²) < 4.78 is 0. The van der Waals surface area contributed by atoms with Crippen molar-refractivity contribution in [2.75, 3.05) is 0 Å². The highest BCUT2D eigenvalue weighted by Gasteiger charge is 2.49. The van der Waals surface area contributed by atoms with Gasteiger partial charge in [-0.15, -0.1) is 0 Å². The van der Waals surface area contributed by atoms with Crippen LogP contribution < -0.4 is 5.43 Å². The lowest BCUT2D eigenvalue weighted by molar-refractivity contribution is -0.122. The van der Waals surface area contributed by atoms with E-state index in [2.05, 4.69) is 41.7 Å². The molecule has 1 amide bonds. The number of hydrazone groups is 1. The van der Waals surface area contributed by atoms with Gasteiger partial charge in [-0.2, -0.15) is 5.10 Å². The molecule has 3 nitrogen and oxygen atoms in total. The molecule has 0 bridgehead atoms. The zero-order valence-corrected chi connectivity index (χ0v) is 9.94. The molecule has 1 aliphatic heterocycles. The molecule has 1 aromatic rings. The Hall–Kier alpha value is -1.64. The van der Waals surface area contributed by atoms with Crippen LogP contribution in [-0.4, -0.2) is 11.6 Å². The summed E-state index contributed by atoms with van der Waals surface area (Å²) in [6.07, 6.45) is 3.25. The predicted molar refractivity (Wildman–Crippen MR) is 66.7 cm³/mol. The van der Waals surface area contributed by atoms with Gasteiger partial charge in [-0.05, 0) is 24.0 Å². The third-order valence-electron chi connectivity index (χ3n) is 3.55. The van der Waals surface area contributed by atoms with Gasteiger partial charge in [-0.3, -0.25) is 4.79 Å². The Morgan fingerprint density at radius 3 is 2.76 bits per heavy atom. The van der Waals surface area contributed by atoms with Gasteiger partial charge in [0.25, 0.3) is 0 Å². The van der Waals surface area contributed by atoms with Crippen LogP contribution in [0.4, 0.5) is 0 Å². The van der Waals surface area contributed by atoms with Crippen LogP contribution in [-0.2, 0) is 11.2 Å². The third kappa shape index (κ3) is 1.86. The molecule has 1 fully saturated rings. The summed E-state index contributed by atoms with van der Waals surface area (Å²) in [5.74, 6) is 0.625. The Morgan fingerprint density at radius 2 is 2.06 bits per heavy atom. The number of rotatable bonds is 3. The molecule has 0 saturated heterocycles. The number of carbonyl (C=O) groups is 1. The van der Waals surface area contributed by atoms with Crippen molar-refractivity contribution < 1.29 is 4.79 Å². The van der Waals surface area contributed by atoms with Gasteiger partial charge in [0, 0.05) is 11.8 Å². The molecule has 1 aromatic carbocycles. The van der Waals surface area contributed by atoms with Crippen molar-refractivity contribution >= 4 is 11.6 Å². The predicted octanol–water partition coefficient (Wildman–Crippen LogP) is 2.11. The molecule has 2 aliphatic rings. The molecule has 1 aliphatic carbocycles. The van der Waals surface area contributed by atoms with Crippen molar-refractivity contribution in [3.8, 4) is 0 Å². The summed E-state index contributed by atoms with van der Waals surface area (Å²) in [5, 5.41) is 4.20. The fourth-order valence-electron chi connectivity index (χ4n) is 2.48. The number of fused-ring (bicyclic) bond motifs is 1. The van der Waals surface area contributed by atoms with Gasteiger partial charge in [-0.25, -0.2) is 5.43 Å². The summed E-state index contributed by atoms with van der Waals surface area (Å²) in [5.41, 5.74) is 6.18. The van der Waals surface area contributed by atoms with Crippen LogP contribution in [0.3, 0.4) is 0 Å². The Kier molecular flexibility index (Phi) is 2.46. The largest absolute Gasteiger partial charge is 0.273 e. The number of nitrogens with zero attached hydrogens (tertiary/aromatic N) is 1. The lowest BCUT2D eigenvalue weighted by Gasteiger charge is -2.12. The minimum absolute atomic E-state index is 0.0846. The number of hydrogen-bond donors (Lipinski definition) is 1. The summed E-state index contributed by atoms with van der Waals surface area (Å²) in [6.45, 7) is 2.18. The second-order valence-electron chi connectivity index (χ2n) is 4.87. The minimum Gasteiger partial charge on any atom is -0.273 e. The number of amides is 1. The van der Waals surface area contributed by atoms with Crippen molar-refractivity contribution in [1.82, 2.24) is 5.43 Å². The number of benzene rings is 1. The first-order chi connectivity index (χ1) is 8.29. The highest BCUT2D eigenvalue weighted by atomic mass is 16.2. The van der Waals surface area contributed by atoms with Crippen LogP contribution >= 0.6 is 0 Å². The van der Waals surface area contributed by atoms with E-state index >= 15 is 0 Å². The highest BCUT2D eigenvalue weighted by molar-refractivity contribution is 6.09. The molecule has 1 saturated carbocycles.